The highest BCUT2D eigenvalue weighted by Gasteiger charge is 2.36. The predicted octanol–water partition coefficient (Wildman–Crippen LogP) is 8.89. The SMILES string of the molecule is Cc1nc([C@@H]2CCCN2C(=O)OC(C)(C)C)[nH]c1-c1ccc(-c2ccc(-c3nc(C4CCCN4C(=O)OC(C)(C)C)[nH]c3C)cc2)cc1. The molecule has 2 aromatic carbocycles. The lowest BCUT2D eigenvalue weighted by Gasteiger charge is -2.27. The van der Waals surface area contributed by atoms with E-state index in [-0.39, 0.29) is 24.3 Å². The number of aromatic amines is 2. The highest BCUT2D eigenvalue weighted by molar-refractivity contribution is 5.73. The van der Waals surface area contributed by atoms with Crippen LogP contribution in [-0.4, -0.2) is 66.2 Å². The van der Waals surface area contributed by atoms with E-state index < -0.39 is 11.2 Å². The number of aromatic nitrogens is 4. The summed E-state index contributed by atoms with van der Waals surface area (Å²) >= 11 is 0. The van der Waals surface area contributed by atoms with Crippen LogP contribution in [0.2, 0.25) is 0 Å². The van der Waals surface area contributed by atoms with Gasteiger partial charge in [0.05, 0.1) is 29.2 Å². The van der Waals surface area contributed by atoms with Gasteiger partial charge >= 0.3 is 12.2 Å². The zero-order valence-corrected chi connectivity index (χ0v) is 29.4. The maximum Gasteiger partial charge on any atom is 0.410 e. The smallest absolute Gasteiger partial charge is 0.410 e. The summed E-state index contributed by atoms with van der Waals surface area (Å²) < 4.78 is 11.3. The Labute approximate surface area is 283 Å². The maximum atomic E-state index is 12.9. The molecule has 2 aliphatic heterocycles. The van der Waals surface area contributed by atoms with Gasteiger partial charge in [-0.25, -0.2) is 19.6 Å². The largest absolute Gasteiger partial charge is 0.444 e. The van der Waals surface area contributed by atoms with Crippen LogP contribution in [-0.2, 0) is 9.47 Å². The molecule has 1 unspecified atom stereocenters. The molecule has 4 aromatic rings. The summed E-state index contributed by atoms with van der Waals surface area (Å²) in [6.45, 7) is 16.7. The number of H-pyrrole nitrogens is 2. The van der Waals surface area contributed by atoms with Crippen LogP contribution < -0.4 is 0 Å². The number of rotatable bonds is 5. The number of ether oxygens (including phenoxy) is 2. The molecule has 0 radical (unpaired) electrons. The molecule has 2 aliphatic rings. The van der Waals surface area contributed by atoms with Crippen LogP contribution >= 0.6 is 0 Å². The molecular formula is C38H48N6O4. The second-order valence-electron chi connectivity index (χ2n) is 15.0. The van der Waals surface area contributed by atoms with Gasteiger partial charge in [0.15, 0.2) is 0 Å². The molecule has 2 atom stereocenters. The van der Waals surface area contributed by atoms with Crippen molar-refractivity contribution in [2.75, 3.05) is 13.1 Å². The second-order valence-corrected chi connectivity index (χ2v) is 15.0. The van der Waals surface area contributed by atoms with Gasteiger partial charge in [0.1, 0.15) is 22.9 Å². The van der Waals surface area contributed by atoms with Crippen molar-refractivity contribution < 1.29 is 19.1 Å². The minimum absolute atomic E-state index is 0.123. The maximum absolute atomic E-state index is 12.9. The van der Waals surface area contributed by atoms with Gasteiger partial charge in [-0.2, -0.15) is 0 Å². The topological polar surface area (TPSA) is 116 Å². The van der Waals surface area contributed by atoms with E-state index in [9.17, 15) is 9.59 Å². The third-order valence-corrected chi connectivity index (χ3v) is 8.86. The number of likely N-dealkylation sites (tertiary alicyclic amines) is 2. The first-order valence-electron chi connectivity index (χ1n) is 17.0. The zero-order valence-electron chi connectivity index (χ0n) is 29.4. The lowest BCUT2D eigenvalue weighted by Crippen LogP contribution is -2.36. The van der Waals surface area contributed by atoms with Crippen LogP contribution in [0.15, 0.2) is 48.5 Å². The van der Waals surface area contributed by atoms with Gasteiger partial charge in [-0.3, -0.25) is 9.80 Å². The summed E-state index contributed by atoms with van der Waals surface area (Å²) in [5.74, 6) is 1.60. The van der Waals surface area contributed by atoms with E-state index in [0.717, 1.165) is 82.4 Å². The first-order chi connectivity index (χ1) is 22.7. The zero-order chi connectivity index (χ0) is 34.4. The Morgan fingerprint density at radius 1 is 0.667 bits per heavy atom. The Morgan fingerprint density at radius 3 is 1.58 bits per heavy atom. The number of amides is 2. The van der Waals surface area contributed by atoms with Crippen molar-refractivity contribution in [3.8, 4) is 33.6 Å². The summed E-state index contributed by atoms with van der Waals surface area (Å²) in [7, 11) is 0. The summed E-state index contributed by atoms with van der Waals surface area (Å²) in [4.78, 5) is 46.1. The number of carbonyl (C=O) groups is 2. The third-order valence-electron chi connectivity index (χ3n) is 8.86. The fourth-order valence-electron chi connectivity index (χ4n) is 6.67. The number of hydrogen-bond donors (Lipinski definition) is 2. The molecule has 48 heavy (non-hydrogen) atoms. The van der Waals surface area contributed by atoms with Crippen LogP contribution in [0.25, 0.3) is 33.6 Å². The van der Waals surface area contributed by atoms with E-state index in [1.165, 1.54) is 0 Å². The molecule has 2 N–H and O–H groups in total. The molecule has 0 bridgehead atoms. The first kappa shape index (κ1) is 33.3. The van der Waals surface area contributed by atoms with Crippen molar-refractivity contribution >= 4 is 12.2 Å². The van der Waals surface area contributed by atoms with E-state index >= 15 is 0 Å². The fourth-order valence-corrected chi connectivity index (χ4v) is 6.67. The average molecular weight is 653 g/mol. The Kier molecular flexibility index (Phi) is 8.87. The average Bonchev–Trinajstić information content (AvgIpc) is 3.81. The molecule has 10 heteroatoms. The quantitative estimate of drug-likeness (QED) is 0.222. The van der Waals surface area contributed by atoms with E-state index in [4.69, 9.17) is 19.4 Å². The number of imidazole rings is 2. The molecule has 6 rings (SSSR count). The molecule has 2 saturated heterocycles. The fraction of sp³-hybridized carbons (Fsp3) is 0.474. The van der Waals surface area contributed by atoms with Crippen molar-refractivity contribution in [1.82, 2.24) is 29.7 Å². The summed E-state index contributed by atoms with van der Waals surface area (Å²) in [5.41, 5.74) is 6.91. The van der Waals surface area contributed by atoms with Crippen LogP contribution in [0.1, 0.15) is 102 Å². The standard InChI is InChI=1S/C38H48N6O4/c1-23-31(41-33(39-23)29-11-9-21-43(29)35(45)47-37(3,4)5)27-17-13-25(14-18-27)26-15-19-28(20-16-26)32-24(2)40-34(42-32)30-12-10-22-44(30)36(46)48-38(6,7)8/h13-20,29-30H,9-12,21-22H2,1-8H3,(H,39,41)(H,40,42)/t29-,30?/m0/s1. The van der Waals surface area contributed by atoms with Crippen molar-refractivity contribution in [3.05, 3.63) is 71.6 Å². The van der Waals surface area contributed by atoms with Gasteiger partial charge in [-0.05, 0) is 97.8 Å². The van der Waals surface area contributed by atoms with Crippen LogP contribution in [0.5, 0.6) is 0 Å². The molecule has 254 valence electrons. The Bertz CT molecular complexity index is 1640. The van der Waals surface area contributed by atoms with Crippen molar-refractivity contribution in [2.24, 2.45) is 0 Å². The third kappa shape index (κ3) is 7.12. The Morgan fingerprint density at radius 2 is 1.10 bits per heavy atom. The highest BCUT2D eigenvalue weighted by atomic mass is 16.6. The van der Waals surface area contributed by atoms with Gasteiger partial charge in [0, 0.05) is 24.3 Å². The Hall–Kier alpha value is -4.60. The molecular weight excluding hydrogens is 604 g/mol. The number of carbonyl (C=O) groups excluding carboxylic acids is 2. The molecule has 0 spiro atoms. The normalized spacial score (nSPS) is 18.4. The van der Waals surface area contributed by atoms with E-state index in [1.54, 1.807) is 9.80 Å². The minimum Gasteiger partial charge on any atom is -0.444 e. The minimum atomic E-state index is -0.542. The van der Waals surface area contributed by atoms with Gasteiger partial charge in [0.2, 0.25) is 0 Å². The van der Waals surface area contributed by atoms with Gasteiger partial charge < -0.3 is 19.4 Å². The van der Waals surface area contributed by atoms with Crippen LogP contribution in [0.4, 0.5) is 9.59 Å². The number of benzene rings is 2. The van der Waals surface area contributed by atoms with Crippen molar-refractivity contribution in [3.63, 3.8) is 0 Å². The lowest BCUT2D eigenvalue weighted by molar-refractivity contribution is 0.0208. The van der Waals surface area contributed by atoms with Crippen LogP contribution in [0, 0.1) is 13.8 Å². The monoisotopic (exact) mass is 652 g/mol. The van der Waals surface area contributed by atoms with E-state index in [2.05, 4.69) is 58.5 Å². The van der Waals surface area contributed by atoms with Crippen LogP contribution in [0.3, 0.4) is 0 Å². The lowest BCUT2D eigenvalue weighted by atomic mass is 10.0. The number of hydrogen-bond acceptors (Lipinski definition) is 6. The van der Waals surface area contributed by atoms with Crippen molar-refractivity contribution in [2.45, 2.75) is 104 Å². The van der Waals surface area contributed by atoms with Gasteiger partial charge in [-0.1, -0.05) is 48.5 Å². The molecule has 2 fully saturated rings. The number of nitrogens with zero attached hydrogens (tertiary/aromatic N) is 4. The number of nitrogens with one attached hydrogen (secondary N) is 2. The highest BCUT2D eigenvalue weighted by Crippen LogP contribution is 2.36. The molecule has 10 nitrogen and oxygen atoms in total. The van der Waals surface area contributed by atoms with Gasteiger partial charge in [-0.15, -0.1) is 0 Å². The predicted molar refractivity (Wildman–Crippen MR) is 186 cm³/mol. The summed E-state index contributed by atoms with van der Waals surface area (Å²) in [6.07, 6.45) is 2.95. The molecule has 2 amide bonds. The second kappa shape index (κ2) is 12.8. The first-order valence-corrected chi connectivity index (χ1v) is 17.0. The molecule has 2 aromatic heterocycles. The molecule has 4 heterocycles. The Balaban J connectivity index is 1.15. The van der Waals surface area contributed by atoms with E-state index in [1.807, 2.05) is 55.4 Å². The summed E-state index contributed by atoms with van der Waals surface area (Å²) in [5, 5.41) is 0. The number of aryl methyl sites for hydroxylation is 2. The van der Waals surface area contributed by atoms with Gasteiger partial charge in [0.25, 0.3) is 0 Å². The van der Waals surface area contributed by atoms with Crippen molar-refractivity contribution in [1.29, 1.82) is 0 Å². The van der Waals surface area contributed by atoms with E-state index in [0.29, 0.717) is 13.1 Å². The molecule has 0 aliphatic carbocycles. The summed E-state index contributed by atoms with van der Waals surface area (Å²) in [6, 6.07) is 16.6. The molecule has 0 saturated carbocycles.